The van der Waals surface area contributed by atoms with Crippen molar-refractivity contribution >= 4 is 34.0 Å². The molecule has 0 amide bonds. The fourth-order valence-corrected chi connectivity index (χ4v) is 3.58. The number of pyridine rings is 1. The number of benzene rings is 3. The van der Waals surface area contributed by atoms with Gasteiger partial charge in [-0.2, -0.15) is 0 Å². The monoisotopic (exact) mass is 422 g/mol. The number of hydrogen-bond donors (Lipinski definition) is 1. The first-order valence-corrected chi connectivity index (χ1v) is 10.1. The second-order valence-corrected chi connectivity index (χ2v) is 7.57. The van der Waals surface area contributed by atoms with Crippen molar-refractivity contribution in [2.45, 2.75) is 19.7 Å². The molecule has 0 saturated carbocycles. The summed E-state index contributed by atoms with van der Waals surface area (Å²) < 4.78 is 6.18. The number of hydrogen-bond acceptors (Lipinski definition) is 3. The summed E-state index contributed by atoms with van der Waals surface area (Å²) in [6, 6.07) is 22.0. The zero-order valence-electron chi connectivity index (χ0n) is 15.7. The Labute approximate surface area is 180 Å². The van der Waals surface area contributed by atoms with Crippen LogP contribution in [0.15, 0.2) is 79.1 Å². The van der Waals surface area contributed by atoms with Crippen molar-refractivity contribution in [3.63, 3.8) is 0 Å². The van der Waals surface area contributed by atoms with Crippen LogP contribution in [0.1, 0.15) is 16.7 Å². The Morgan fingerprint density at radius 3 is 2.45 bits per heavy atom. The minimum Gasteiger partial charge on any atom is -0.489 e. The molecular formula is C24H20Cl2N2O. The summed E-state index contributed by atoms with van der Waals surface area (Å²) in [5.74, 6) is 0.858. The molecule has 0 fully saturated rings. The van der Waals surface area contributed by atoms with Gasteiger partial charge in [0.05, 0.1) is 10.0 Å². The SMILES string of the molecule is Clc1ccc(COc2ccc3ccccc3c2CNCc2ccncc2)cc1Cl. The third-order valence-electron chi connectivity index (χ3n) is 4.76. The van der Waals surface area contributed by atoms with Crippen molar-refractivity contribution in [2.24, 2.45) is 0 Å². The molecule has 1 aromatic heterocycles. The van der Waals surface area contributed by atoms with Gasteiger partial charge in [-0.3, -0.25) is 4.98 Å². The molecule has 3 nitrogen and oxygen atoms in total. The lowest BCUT2D eigenvalue weighted by molar-refractivity contribution is 0.302. The molecule has 29 heavy (non-hydrogen) atoms. The Balaban J connectivity index is 1.55. The molecule has 0 aliphatic heterocycles. The molecule has 146 valence electrons. The minimum absolute atomic E-state index is 0.423. The molecule has 0 aliphatic rings. The summed E-state index contributed by atoms with van der Waals surface area (Å²) in [6.45, 7) is 1.88. The molecular weight excluding hydrogens is 403 g/mol. The van der Waals surface area contributed by atoms with Crippen molar-refractivity contribution in [3.8, 4) is 5.75 Å². The van der Waals surface area contributed by atoms with Crippen LogP contribution in [0.4, 0.5) is 0 Å². The van der Waals surface area contributed by atoms with Gasteiger partial charge in [0.1, 0.15) is 12.4 Å². The van der Waals surface area contributed by atoms with Crippen LogP contribution in [-0.2, 0) is 19.7 Å². The number of halogens is 2. The van der Waals surface area contributed by atoms with Gasteiger partial charge >= 0.3 is 0 Å². The Morgan fingerprint density at radius 1 is 0.793 bits per heavy atom. The van der Waals surface area contributed by atoms with Gasteiger partial charge in [0.25, 0.3) is 0 Å². The molecule has 3 aromatic carbocycles. The zero-order chi connectivity index (χ0) is 20.1. The fourth-order valence-electron chi connectivity index (χ4n) is 3.26. The molecule has 0 bridgehead atoms. The zero-order valence-corrected chi connectivity index (χ0v) is 17.3. The summed E-state index contributed by atoms with van der Waals surface area (Å²) in [5, 5.41) is 6.97. The van der Waals surface area contributed by atoms with Crippen LogP contribution in [0.25, 0.3) is 10.8 Å². The summed E-state index contributed by atoms with van der Waals surface area (Å²) in [6.07, 6.45) is 3.61. The maximum Gasteiger partial charge on any atom is 0.124 e. The number of fused-ring (bicyclic) bond motifs is 1. The van der Waals surface area contributed by atoms with Crippen LogP contribution in [0.3, 0.4) is 0 Å². The van der Waals surface area contributed by atoms with Gasteiger partial charge in [0, 0.05) is 31.0 Å². The van der Waals surface area contributed by atoms with E-state index in [0.29, 0.717) is 23.2 Å². The lowest BCUT2D eigenvalue weighted by atomic mass is 10.0. The van der Waals surface area contributed by atoms with Gasteiger partial charge in [0.2, 0.25) is 0 Å². The summed E-state index contributed by atoms with van der Waals surface area (Å²) >= 11 is 12.1. The van der Waals surface area contributed by atoms with E-state index in [1.54, 1.807) is 18.5 Å². The lowest BCUT2D eigenvalue weighted by Gasteiger charge is -2.15. The van der Waals surface area contributed by atoms with E-state index in [0.717, 1.165) is 23.4 Å². The van der Waals surface area contributed by atoms with Gasteiger partial charge in [-0.15, -0.1) is 0 Å². The highest BCUT2D eigenvalue weighted by atomic mass is 35.5. The predicted molar refractivity (Wildman–Crippen MR) is 120 cm³/mol. The van der Waals surface area contributed by atoms with Crippen molar-refractivity contribution in [3.05, 3.63) is 106 Å². The molecule has 4 rings (SSSR count). The predicted octanol–water partition coefficient (Wildman–Crippen LogP) is 6.41. The topological polar surface area (TPSA) is 34.1 Å². The largest absolute Gasteiger partial charge is 0.489 e. The Morgan fingerprint density at radius 2 is 1.62 bits per heavy atom. The van der Waals surface area contributed by atoms with E-state index in [1.165, 1.54) is 16.3 Å². The number of rotatable bonds is 7. The average molecular weight is 423 g/mol. The van der Waals surface area contributed by atoms with Gasteiger partial charge in [0.15, 0.2) is 0 Å². The molecule has 0 radical (unpaired) electrons. The van der Waals surface area contributed by atoms with E-state index in [2.05, 4.69) is 34.6 Å². The van der Waals surface area contributed by atoms with Gasteiger partial charge < -0.3 is 10.1 Å². The van der Waals surface area contributed by atoms with Gasteiger partial charge in [-0.25, -0.2) is 0 Å². The summed E-state index contributed by atoms with van der Waals surface area (Å²) in [4.78, 5) is 4.07. The van der Waals surface area contributed by atoms with Crippen LogP contribution in [0.5, 0.6) is 5.75 Å². The van der Waals surface area contributed by atoms with Crippen LogP contribution in [0.2, 0.25) is 10.0 Å². The molecule has 1 N–H and O–H groups in total. The van der Waals surface area contributed by atoms with E-state index >= 15 is 0 Å². The maximum atomic E-state index is 6.18. The molecule has 5 heteroatoms. The quantitative estimate of drug-likeness (QED) is 0.373. The van der Waals surface area contributed by atoms with Gasteiger partial charge in [-0.1, -0.05) is 59.6 Å². The second-order valence-electron chi connectivity index (χ2n) is 6.76. The first kappa shape index (κ1) is 19.7. The highest BCUT2D eigenvalue weighted by Gasteiger charge is 2.10. The first-order chi connectivity index (χ1) is 14.2. The number of nitrogens with one attached hydrogen (secondary N) is 1. The lowest BCUT2D eigenvalue weighted by Crippen LogP contribution is -2.14. The molecule has 1 heterocycles. The highest BCUT2D eigenvalue weighted by Crippen LogP contribution is 2.29. The smallest absolute Gasteiger partial charge is 0.124 e. The third kappa shape index (κ3) is 4.88. The first-order valence-electron chi connectivity index (χ1n) is 9.38. The normalized spacial score (nSPS) is 11.0. The second kappa shape index (κ2) is 9.27. The third-order valence-corrected chi connectivity index (χ3v) is 5.50. The Bertz CT molecular complexity index is 1120. The van der Waals surface area contributed by atoms with E-state index in [9.17, 15) is 0 Å². The van der Waals surface area contributed by atoms with Crippen LogP contribution in [0, 0.1) is 0 Å². The molecule has 0 saturated heterocycles. The number of ether oxygens (including phenoxy) is 1. The van der Waals surface area contributed by atoms with Crippen molar-refractivity contribution in [2.75, 3.05) is 0 Å². The van der Waals surface area contributed by atoms with Crippen LogP contribution < -0.4 is 10.1 Å². The van der Waals surface area contributed by atoms with Crippen LogP contribution >= 0.6 is 23.2 Å². The van der Waals surface area contributed by atoms with Crippen molar-refractivity contribution in [1.29, 1.82) is 0 Å². The molecule has 4 aromatic rings. The average Bonchev–Trinajstić information content (AvgIpc) is 2.76. The van der Waals surface area contributed by atoms with E-state index < -0.39 is 0 Å². The van der Waals surface area contributed by atoms with E-state index in [4.69, 9.17) is 27.9 Å². The summed E-state index contributed by atoms with van der Waals surface area (Å²) in [7, 11) is 0. The Kier molecular flexibility index (Phi) is 6.30. The van der Waals surface area contributed by atoms with Crippen molar-refractivity contribution < 1.29 is 4.74 Å². The molecule has 0 spiro atoms. The minimum atomic E-state index is 0.423. The maximum absolute atomic E-state index is 6.18. The Hall–Kier alpha value is -2.59. The molecule has 0 atom stereocenters. The highest BCUT2D eigenvalue weighted by molar-refractivity contribution is 6.42. The van der Waals surface area contributed by atoms with E-state index in [1.807, 2.05) is 36.4 Å². The summed E-state index contributed by atoms with van der Waals surface area (Å²) in [5.41, 5.74) is 3.30. The number of aromatic nitrogens is 1. The van der Waals surface area contributed by atoms with Crippen molar-refractivity contribution in [1.82, 2.24) is 10.3 Å². The number of nitrogens with zero attached hydrogens (tertiary/aromatic N) is 1. The van der Waals surface area contributed by atoms with Crippen LogP contribution in [-0.4, -0.2) is 4.98 Å². The molecule has 0 aliphatic carbocycles. The molecule has 0 unspecified atom stereocenters. The van der Waals surface area contributed by atoms with E-state index in [-0.39, 0.29) is 0 Å². The van der Waals surface area contributed by atoms with Gasteiger partial charge in [-0.05, 0) is 52.2 Å². The standard InChI is InChI=1S/C24H20Cl2N2O/c25-22-7-5-18(13-23(22)26)16-29-24-8-6-19-3-1-2-4-20(19)21(24)15-28-14-17-9-11-27-12-10-17/h1-13,28H,14-16H2. The fraction of sp³-hybridized carbons (Fsp3) is 0.125.